The molecule has 35 heavy (non-hydrogen) atoms. The van der Waals surface area contributed by atoms with Crippen LogP contribution in [0.4, 0.5) is 23.1 Å². The van der Waals surface area contributed by atoms with Crippen molar-refractivity contribution in [2.24, 2.45) is 5.92 Å². The van der Waals surface area contributed by atoms with Gasteiger partial charge < -0.3 is 25.3 Å². The number of nitrogens with zero attached hydrogens (tertiary/aromatic N) is 2. The highest BCUT2D eigenvalue weighted by molar-refractivity contribution is 7.70. The van der Waals surface area contributed by atoms with Crippen LogP contribution < -0.4 is 26.0 Å². The molecule has 1 aliphatic heterocycles. The number of ketones is 1. The number of halogens is 1. The molecule has 0 atom stereocenters. The summed E-state index contributed by atoms with van der Waals surface area (Å²) < 4.78 is 18.3. The van der Waals surface area contributed by atoms with Gasteiger partial charge in [-0.3, -0.25) is 4.79 Å². The average Bonchev–Trinajstić information content (AvgIpc) is 2.86. The molecule has 0 unspecified atom stereocenters. The van der Waals surface area contributed by atoms with Crippen molar-refractivity contribution in [3.05, 3.63) is 59.2 Å². The van der Waals surface area contributed by atoms with E-state index in [1.54, 1.807) is 38.6 Å². The molecule has 0 spiro atoms. The standard InChI is InChI=1S/C25H29ClN5O3P/c1-34-21-14-17(23(32)16-10-12-27-13-11-16)8-9-19(21)30-25-28-15-18(26)24(31-25)29-20-6-4-5-7-22(20)35(2,3)33/h4-9,14-16,27H,10-13H2,1-3H3,(H2,28,29,30,31). The zero-order valence-corrected chi connectivity index (χ0v) is 21.6. The van der Waals surface area contributed by atoms with Gasteiger partial charge in [-0.15, -0.1) is 0 Å². The van der Waals surface area contributed by atoms with Crippen molar-refractivity contribution in [3.8, 4) is 5.75 Å². The first-order valence-electron chi connectivity index (χ1n) is 11.4. The highest BCUT2D eigenvalue weighted by atomic mass is 35.5. The molecule has 2 heterocycles. The summed E-state index contributed by atoms with van der Waals surface area (Å²) in [6.45, 7) is 5.15. The largest absolute Gasteiger partial charge is 0.495 e. The minimum absolute atomic E-state index is 0.0254. The average molecular weight is 514 g/mol. The molecule has 0 saturated carbocycles. The summed E-state index contributed by atoms with van der Waals surface area (Å²) in [5, 5.41) is 10.6. The van der Waals surface area contributed by atoms with E-state index in [0.717, 1.165) is 25.9 Å². The van der Waals surface area contributed by atoms with Crippen LogP contribution in [0.3, 0.4) is 0 Å². The second kappa shape index (κ2) is 10.8. The summed E-state index contributed by atoms with van der Waals surface area (Å²) in [5.41, 5.74) is 1.92. The minimum Gasteiger partial charge on any atom is -0.495 e. The zero-order chi connectivity index (χ0) is 25.0. The second-order valence-electron chi connectivity index (χ2n) is 8.81. The highest BCUT2D eigenvalue weighted by Crippen LogP contribution is 2.39. The molecule has 1 saturated heterocycles. The number of carbonyl (C=O) groups is 1. The van der Waals surface area contributed by atoms with Crippen LogP contribution in [0.25, 0.3) is 0 Å². The molecule has 0 amide bonds. The van der Waals surface area contributed by atoms with E-state index in [1.165, 1.54) is 6.20 Å². The predicted octanol–water partition coefficient (Wildman–Crippen LogP) is 5.06. The summed E-state index contributed by atoms with van der Waals surface area (Å²) in [7, 11) is -0.965. The van der Waals surface area contributed by atoms with Crippen LogP contribution in [-0.4, -0.2) is 49.3 Å². The summed E-state index contributed by atoms with van der Waals surface area (Å²) in [4.78, 5) is 21.7. The van der Waals surface area contributed by atoms with Crippen molar-refractivity contribution >= 4 is 53.0 Å². The second-order valence-corrected chi connectivity index (χ2v) is 12.4. The molecule has 0 aliphatic carbocycles. The Morgan fingerprint density at radius 3 is 2.57 bits per heavy atom. The molecule has 2 aromatic carbocycles. The monoisotopic (exact) mass is 513 g/mol. The van der Waals surface area contributed by atoms with E-state index in [-0.39, 0.29) is 11.7 Å². The summed E-state index contributed by atoms with van der Waals surface area (Å²) >= 11 is 6.35. The van der Waals surface area contributed by atoms with E-state index in [9.17, 15) is 9.36 Å². The lowest BCUT2D eigenvalue weighted by Crippen LogP contribution is -2.31. The van der Waals surface area contributed by atoms with E-state index >= 15 is 0 Å². The molecule has 1 aliphatic rings. The number of para-hydroxylation sites is 1. The molecule has 3 aromatic rings. The Bertz CT molecular complexity index is 1270. The van der Waals surface area contributed by atoms with Crippen LogP contribution in [0.15, 0.2) is 48.7 Å². The van der Waals surface area contributed by atoms with E-state index in [0.29, 0.717) is 44.8 Å². The first-order valence-corrected chi connectivity index (χ1v) is 14.4. The smallest absolute Gasteiger partial charge is 0.229 e. The summed E-state index contributed by atoms with van der Waals surface area (Å²) in [6, 6.07) is 12.7. The number of benzene rings is 2. The molecule has 184 valence electrons. The summed E-state index contributed by atoms with van der Waals surface area (Å²) in [6.07, 6.45) is 3.16. The molecule has 10 heteroatoms. The van der Waals surface area contributed by atoms with Gasteiger partial charge in [-0.25, -0.2) is 4.98 Å². The Balaban J connectivity index is 1.57. The van der Waals surface area contributed by atoms with Gasteiger partial charge in [0.05, 0.1) is 24.7 Å². The Morgan fingerprint density at radius 2 is 1.86 bits per heavy atom. The van der Waals surface area contributed by atoms with Crippen molar-refractivity contribution < 1.29 is 14.1 Å². The van der Waals surface area contributed by atoms with Crippen molar-refractivity contribution in [1.29, 1.82) is 0 Å². The maximum absolute atomic E-state index is 12.9. The van der Waals surface area contributed by atoms with Crippen molar-refractivity contribution in [3.63, 3.8) is 0 Å². The van der Waals surface area contributed by atoms with Crippen molar-refractivity contribution in [1.82, 2.24) is 15.3 Å². The molecule has 0 bridgehead atoms. The van der Waals surface area contributed by atoms with Crippen LogP contribution in [0.2, 0.25) is 5.02 Å². The maximum Gasteiger partial charge on any atom is 0.229 e. The normalized spacial score (nSPS) is 14.4. The SMILES string of the molecule is COc1cc(C(=O)C2CCNCC2)ccc1Nc1ncc(Cl)c(Nc2ccccc2P(C)(C)=O)n1. The molecule has 4 rings (SSSR count). The van der Waals surface area contributed by atoms with Gasteiger partial charge in [0.1, 0.15) is 17.9 Å². The first-order chi connectivity index (χ1) is 16.8. The summed E-state index contributed by atoms with van der Waals surface area (Å²) in [5.74, 6) is 1.34. The van der Waals surface area contributed by atoms with E-state index < -0.39 is 7.14 Å². The number of methoxy groups -OCH3 is 1. The zero-order valence-electron chi connectivity index (χ0n) is 20.0. The van der Waals surface area contributed by atoms with Crippen LogP contribution in [0.5, 0.6) is 5.75 Å². The van der Waals surface area contributed by atoms with E-state index in [2.05, 4.69) is 25.9 Å². The molecule has 1 fully saturated rings. The molecule has 3 N–H and O–H groups in total. The maximum atomic E-state index is 12.9. The van der Waals surface area contributed by atoms with Crippen LogP contribution in [-0.2, 0) is 4.57 Å². The number of nitrogens with one attached hydrogen (secondary N) is 3. The fraction of sp³-hybridized carbons (Fsp3) is 0.320. The quantitative estimate of drug-likeness (QED) is 0.284. The molecule has 8 nitrogen and oxygen atoms in total. The number of Topliss-reactive ketones (excluding diaryl/α,β-unsaturated/α-hetero) is 1. The van der Waals surface area contributed by atoms with Gasteiger partial charge in [0.15, 0.2) is 11.6 Å². The topological polar surface area (TPSA) is 105 Å². The fourth-order valence-corrected chi connectivity index (χ4v) is 5.37. The lowest BCUT2D eigenvalue weighted by molar-refractivity contribution is 0.0895. The molecule has 1 aromatic heterocycles. The number of aromatic nitrogens is 2. The van der Waals surface area contributed by atoms with Gasteiger partial charge in [0.25, 0.3) is 0 Å². The number of hydrogen-bond donors (Lipinski definition) is 3. The van der Waals surface area contributed by atoms with E-state index in [1.807, 2.05) is 24.3 Å². The van der Waals surface area contributed by atoms with Crippen LogP contribution in [0, 0.1) is 5.92 Å². The number of rotatable bonds is 8. The number of anilines is 4. The number of hydrogen-bond acceptors (Lipinski definition) is 8. The number of ether oxygens (including phenoxy) is 1. The third-order valence-corrected chi connectivity index (χ3v) is 7.75. The van der Waals surface area contributed by atoms with Gasteiger partial charge in [0.2, 0.25) is 5.95 Å². The van der Waals surface area contributed by atoms with Crippen molar-refractivity contribution in [2.75, 3.05) is 44.2 Å². The van der Waals surface area contributed by atoms with Gasteiger partial charge in [0, 0.05) is 16.8 Å². The Kier molecular flexibility index (Phi) is 7.75. The third kappa shape index (κ3) is 6.01. The van der Waals surface area contributed by atoms with Gasteiger partial charge in [-0.05, 0) is 69.6 Å². The van der Waals surface area contributed by atoms with Gasteiger partial charge >= 0.3 is 0 Å². The Hall–Kier alpha value is -2.93. The fourth-order valence-electron chi connectivity index (χ4n) is 4.08. The Labute approximate surface area is 210 Å². The van der Waals surface area contributed by atoms with E-state index in [4.69, 9.17) is 16.3 Å². The molecule has 0 radical (unpaired) electrons. The Morgan fingerprint density at radius 1 is 1.11 bits per heavy atom. The predicted molar refractivity (Wildman–Crippen MR) is 142 cm³/mol. The lowest BCUT2D eigenvalue weighted by Gasteiger charge is -2.22. The third-order valence-electron chi connectivity index (χ3n) is 5.92. The molecular formula is C25H29ClN5O3P. The minimum atomic E-state index is -2.52. The van der Waals surface area contributed by atoms with Gasteiger partial charge in [-0.1, -0.05) is 23.7 Å². The van der Waals surface area contributed by atoms with Crippen LogP contribution >= 0.6 is 18.7 Å². The molecular weight excluding hydrogens is 485 g/mol. The van der Waals surface area contributed by atoms with Crippen LogP contribution in [0.1, 0.15) is 23.2 Å². The van der Waals surface area contributed by atoms with Crippen molar-refractivity contribution in [2.45, 2.75) is 12.8 Å². The highest BCUT2D eigenvalue weighted by Gasteiger charge is 2.23. The lowest BCUT2D eigenvalue weighted by atomic mass is 9.89. The van der Waals surface area contributed by atoms with Gasteiger partial charge in [-0.2, -0.15) is 4.98 Å². The first kappa shape index (κ1) is 25.2. The number of carbonyl (C=O) groups excluding carboxylic acids is 1. The number of piperidine rings is 1.